The summed E-state index contributed by atoms with van der Waals surface area (Å²) < 4.78 is 37.0. The first kappa shape index (κ1) is 27.1. The van der Waals surface area contributed by atoms with Crippen LogP contribution in [0, 0.1) is 0 Å². The molecule has 1 amide bonds. The minimum Gasteiger partial charge on any atom is -0.507 e. The number of aliphatic hydroxyl groups excluding tert-OH is 1. The molecule has 1 atom stereocenters. The Morgan fingerprint density at radius 2 is 1.61 bits per heavy atom. The molecule has 38 heavy (non-hydrogen) atoms. The molecule has 1 aliphatic rings. The van der Waals surface area contributed by atoms with Crippen molar-refractivity contribution in [1.29, 1.82) is 0 Å². The quantitative estimate of drug-likeness (QED) is 0.251. The average Bonchev–Trinajstić information content (AvgIpc) is 3.17. The Labute approximate surface area is 221 Å². The summed E-state index contributed by atoms with van der Waals surface area (Å²) in [5.74, 6) is -0.913. The maximum absolute atomic E-state index is 13.2. The van der Waals surface area contributed by atoms with Gasteiger partial charge in [0.2, 0.25) is 10.0 Å². The molecule has 0 bridgehead atoms. The summed E-state index contributed by atoms with van der Waals surface area (Å²) in [4.78, 5) is 27.6. The second-order valence-electron chi connectivity index (χ2n) is 8.78. The van der Waals surface area contributed by atoms with E-state index in [1.54, 1.807) is 36.4 Å². The van der Waals surface area contributed by atoms with Crippen LogP contribution in [0.15, 0.2) is 89.3 Å². The van der Waals surface area contributed by atoms with Gasteiger partial charge in [0.15, 0.2) is 0 Å². The van der Waals surface area contributed by atoms with Gasteiger partial charge in [-0.05, 0) is 54.1 Å². The minimum absolute atomic E-state index is 0.0295. The lowest BCUT2D eigenvalue weighted by Gasteiger charge is -2.25. The first-order valence-electron chi connectivity index (χ1n) is 11.8. The van der Waals surface area contributed by atoms with Crippen LogP contribution in [0.25, 0.3) is 5.76 Å². The summed E-state index contributed by atoms with van der Waals surface area (Å²) >= 11 is 0. The molecule has 0 saturated carbocycles. The fraction of sp³-hybridized carbons (Fsp3) is 0.214. The number of rotatable bonds is 9. The SMILES string of the molecule is COCCN1C(=O)C(=O)/C(=C(/O)c2ccc(S(=O)(=O)N(C)C)cc2)C1c1cccc(Oc2ccccc2)c1. The number of Topliss-reactive ketones (excluding diaryl/α,β-unsaturated/α-hetero) is 1. The topological polar surface area (TPSA) is 113 Å². The first-order valence-corrected chi connectivity index (χ1v) is 13.2. The molecule has 1 N–H and O–H groups in total. The Kier molecular flexibility index (Phi) is 7.96. The van der Waals surface area contributed by atoms with E-state index in [1.807, 2.05) is 18.2 Å². The summed E-state index contributed by atoms with van der Waals surface area (Å²) in [5.41, 5.74) is 0.655. The van der Waals surface area contributed by atoms with Gasteiger partial charge in [0.25, 0.3) is 11.7 Å². The Hall–Kier alpha value is -3.99. The molecule has 0 radical (unpaired) electrons. The van der Waals surface area contributed by atoms with Gasteiger partial charge in [-0.1, -0.05) is 30.3 Å². The standard InChI is InChI=1S/C28H28N2O7S/c1-29(2)38(34,35)23-14-12-19(13-15-23)26(31)24-25(30(16-17-36-3)28(33)27(24)32)20-8-7-11-22(18-20)37-21-9-5-4-6-10-21/h4-15,18,25,31H,16-17H2,1-3H3/b26-24+. The zero-order chi connectivity index (χ0) is 27.4. The first-order chi connectivity index (χ1) is 18.1. The van der Waals surface area contributed by atoms with Gasteiger partial charge in [-0.3, -0.25) is 9.59 Å². The number of likely N-dealkylation sites (tertiary alicyclic amines) is 1. The Balaban J connectivity index is 1.79. The lowest BCUT2D eigenvalue weighted by Crippen LogP contribution is -2.32. The van der Waals surface area contributed by atoms with E-state index in [-0.39, 0.29) is 29.2 Å². The zero-order valence-corrected chi connectivity index (χ0v) is 22.0. The van der Waals surface area contributed by atoms with E-state index in [0.29, 0.717) is 17.1 Å². The Morgan fingerprint density at radius 1 is 0.947 bits per heavy atom. The van der Waals surface area contributed by atoms with E-state index >= 15 is 0 Å². The van der Waals surface area contributed by atoms with E-state index in [0.717, 1.165) is 4.31 Å². The molecule has 1 saturated heterocycles. The van der Waals surface area contributed by atoms with Crippen molar-refractivity contribution in [3.05, 3.63) is 95.6 Å². The van der Waals surface area contributed by atoms with Crippen LogP contribution >= 0.6 is 0 Å². The van der Waals surface area contributed by atoms with Crippen LogP contribution in [-0.4, -0.2) is 68.8 Å². The van der Waals surface area contributed by atoms with E-state index in [4.69, 9.17) is 9.47 Å². The molecule has 10 heteroatoms. The largest absolute Gasteiger partial charge is 0.507 e. The molecule has 0 aromatic heterocycles. The number of sulfonamides is 1. The molecule has 9 nitrogen and oxygen atoms in total. The normalized spacial score (nSPS) is 17.3. The molecule has 1 aliphatic heterocycles. The number of amides is 1. The summed E-state index contributed by atoms with van der Waals surface area (Å²) in [7, 11) is 0.641. The van der Waals surface area contributed by atoms with E-state index in [1.165, 1.54) is 50.4 Å². The summed E-state index contributed by atoms with van der Waals surface area (Å²) in [6.45, 7) is 0.299. The predicted molar refractivity (Wildman–Crippen MR) is 141 cm³/mol. The molecule has 0 aliphatic carbocycles. The van der Waals surface area contributed by atoms with Gasteiger partial charge in [0.1, 0.15) is 17.3 Å². The van der Waals surface area contributed by atoms with E-state index in [2.05, 4.69) is 0 Å². The molecule has 198 valence electrons. The lowest BCUT2D eigenvalue weighted by molar-refractivity contribution is -0.140. The van der Waals surface area contributed by atoms with Crippen molar-refractivity contribution >= 4 is 27.5 Å². The van der Waals surface area contributed by atoms with Crippen molar-refractivity contribution in [1.82, 2.24) is 9.21 Å². The van der Waals surface area contributed by atoms with Gasteiger partial charge in [0.05, 0.1) is 23.1 Å². The molecule has 3 aromatic carbocycles. The molecule has 1 fully saturated rings. The molecule has 0 spiro atoms. The number of aliphatic hydroxyl groups is 1. The van der Waals surface area contributed by atoms with Crippen LogP contribution in [0.3, 0.4) is 0 Å². The van der Waals surface area contributed by atoms with Crippen LogP contribution < -0.4 is 4.74 Å². The van der Waals surface area contributed by atoms with Gasteiger partial charge in [0, 0.05) is 33.3 Å². The Morgan fingerprint density at radius 3 is 2.24 bits per heavy atom. The molecule has 1 heterocycles. The van der Waals surface area contributed by atoms with Crippen molar-refractivity contribution in [2.45, 2.75) is 10.9 Å². The summed E-state index contributed by atoms with van der Waals surface area (Å²) in [6.07, 6.45) is 0. The van der Waals surface area contributed by atoms with Crippen molar-refractivity contribution in [2.24, 2.45) is 0 Å². The van der Waals surface area contributed by atoms with Crippen molar-refractivity contribution < 1.29 is 32.6 Å². The number of benzene rings is 3. The molecular weight excluding hydrogens is 508 g/mol. The van der Waals surface area contributed by atoms with Gasteiger partial charge in [-0.15, -0.1) is 0 Å². The number of ether oxygens (including phenoxy) is 2. The minimum atomic E-state index is -3.68. The third-order valence-electron chi connectivity index (χ3n) is 6.14. The highest BCUT2D eigenvalue weighted by Crippen LogP contribution is 2.40. The molecule has 3 aromatic rings. The number of methoxy groups -OCH3 is 1. The van der Waals surface area contributed by atoms with Crippen LogP contribution in [0.4, 0.5) is 0 Å². The maximum Gasteiger partial charge on any atom is 0.295 e. The highest BCUT2D eigenvalue weighted by molar-refractivity contribution is 7.89. The zero-order valence-electron chi connectivity index (χ0n) is 21.2. The molecular formula is C28H28N2O7S. The molecule has 4 rings (SSSR count). The number of carbonyl (C=O) groups is 2. The average molecular weight is 537 g/mol. The van der Waals surface area contributed by atoms with Crippen LogP contribution in [0.2, 0.25) is 0 Å². The number of hydrogen-bond donors (Lipinski definition) is 1. The summed E-state index contributed by atoms with van der Waals surface area (Å²) in [5, 5.41) is 11.2. The van der Waals surface area contributed by atoms with Crippen LogP contribution in [0.1, 0.15) is 17.2 Å². The van der Waals surface area contributed by atoms with E-state index in [9.17, 15) is 23.1 Å². The maximum atomic E-state index is 13.2. The number of nitrogens with zero attached hydrogens (tertiary/aromatic N) is 2. The number of para-hydroxylation sites is 1. The fourth-order valence-electron chi connectivity index (χ4n) is 4.17. The highest BCUT2D eigenvalue weighted by Gasteiger charge is 2.46. The third kappa shape index (κ3) is 5.33. The fourth-order valence-corrected chi connectivity index (χ4v) is 5.07. The smallest absolute Gasteiger partial charge is 0.295 e. The third-order valence-corrected chi connectivity index (χ3v) is 7.96. The molecule has 1 unspecified atom stereocenters. The van der Waals surface area contributed by atoms with Crippen molar-refractivity contribution in [3.8, 4) is 11.5 Å². The monoisotopic (exact) mass is 536 g/mol. The van der Waals surface area contributed by atoms with Crippen molar-refractivity contribution in [3.63, 3.8) is 0 Å². The highest BCUT2D eigenvalue weighted by atomic mass is 32.2. The van der Waals surface area contributed by atoms with Crippen LogP contribution in [-0.2, 0) is 24.3 Å². The number of ketones is 1. The second kappa shape index (κ2) is 11.2. The van der Waals surface area contributed by atoms with Gasteiger partial charge in [-0.2, -0.15) is 0 Å². The second-order valence-corrected chi connectivity index (χ2v) is 10.9. The predicted octanol–water partition coefficient (Wildman–Crippen LogP) is 3.80. The summed E-state index contributed by atoms with van der Waals surface area (Å²) in [6, 6.07) is 20.7. The van der Waals surface area contributed by atoms with Gasteiger partial charge >= 0.3 is 0 Å². The number of hydrogen-bond acceptors (Lipinski definition) is 7. The van der Waals surface area contributed by atoms with E-state index < -0.39 is 33.5 Å². The van der Waals surface area contributed by atoms with Gasteiger partial charge < -0.3 is 19.5 Å². The Bertz CT molecular complexity index is 1470. The van der Waals surface area contributed by atoms with Crippen LogP contribution in [0.5, 0.6) is 11.5 Å². The lowest BCUT2D eigenvalue weighted by atomic mass is 9.95. The van der Waals surface area contributed by atoms with Gasteiger partial charge in [-0.25, -0.2) is 12.7 Å². The number of carbonyl (C=O) groups excluding carboxylic acids is 2. The van der Waals surface area contributed by atoms with Crippen molar-refractivity contribution in [2.75, 3.05) is 34.4 Å².